The summed E-state index contributed by atoms with van der Waals surface area (Å²) in [5.74, 6) is 1.50. The minimum absolute atomic E-state index is 0.213. The number of aliphatic hydroxyl groups is 2. The average molecular weight is 236 g/mol. The van der Waals surface area contributed by atoms with Gasteiger partial charge in [0.1, 0.15) is 5.60 Å². The van der Waals surface area contributed by atoms with Crippen molar-refractivity contribution in [3.8, 4) is 0 Å². The Labute approximate surface area is 104 Å². The summed E-state index contributed by atoms with van der Waals surface area (Å²) in [6.07, 6.45) is 8.61. The van der Waals surface area contributed by atoms with Crippen LogP contribution in [-0.4, -0.2) is 22.4 Å². The van der Waals surface area contributed by atoms with Gasteiger partial charge in [0, 0.05) is 0 Å². The molecule has 1 unspecified atom stereocenters. The van der Waals surface area contributed by atoms with Crippen LogP contribution in [-0.2, 0) is 0 Å². The number of aliphatic hydroxyl groups excluding tert-OH is 1. The third-order valence-electron chi connectivity index (χ3n) is 4.90. The highest BCUT2D eigenvalue weighted by Crippen LogP contribution is 2.60. The number of rotatable bonds is 4. The molecule has 4 atom stereocenters. The third-order valence-corrected chi connectivity index (χ3v) is 4.90. The molecule has 2 saturated carbocycles. The molecule has 0 radical (unpaired) electrons. The van der Waals surface area contributed by atoms with Gasteiger partial charge in [-0.15, -0.1) is 0 Å². The molecule has 0 aliphatic heterocycles. The molecule has 2 aliphatic carbocycles. The summed E-state index contributed by atoms with van der Waals surface area (Å²) >= 11 is 0. The third kappa shape index (κ3) is 2.21. The Balaban J connectivity index is 2.02. The first kappa shape index (κ1) is 12.8. The van der Waals surface area contributed by atoms with Crippen LogP contribution >= 0.6 is 0 Å². The predicted octanol–water partition coefficient (Wildman–Crippen LogP) is 2.67. The van der Waals surface area contributed by atoms with Gasteiger partial charge in [0.2, 0.25) is 0 Å². The van der Waals surface area contributed by atoms with Crippen molar-refractivity contribution >= 4 is 0 Å². The van der Waals surface area contributed by atoms with Crippen LogP contribution in [0, 0.1) is 17.3 Å². The summed E-state index contributed by atoms with van der Waals surface area (Å²) in [6.45, 7) is 7.98. The average Bonchev–Trinajstić information content (AvgIpc) is 2.83. The molecule has 2 heteroatoms. The second-order valence-electron chi connectivity index (χ2n) is 6.27. The fraction of sp³-hybridized carbons (Fsp3) is 0.733. The quantitative estimate of drug-likeness (QED) is 0.737. The van der Waals surface area contributed by atoms with Gasteiger partial charge in [-0.2, -0.15) is 0 Å². The van der Waals surface area contributed by atoms with Gasteiger partial charge in [-0.05, 0) is 49.9 Å². The molecule has 2 bridgehead atoms. The van der Waals surface area contributed by atoms with E-state index in [4.69, 9.17) is 5.11 Å². The van der Waals surface area contributed by atoms with Crippen LogP contribution < -0.4 is 0 Å². The van der Waals surface area contributed by atoms with Gasteiger partial charge in [-0.1, -0.05) is 31.2 Å². The Kier molecular flexibility index (Phi) is 3.21. The van der Waals surface area contributed by atoms with Crippen LogP contribution in [0.25, 0.3) is 0 Å². The van der Waals surface area contributed by atoms with E-state index >= 15 is 0 Å². The monoisotopic (exact) mass is 236 g/mol. The van der Waals surface area contributed by atoms with Crippen molar-refractivity contribution in [3.05, 3.63) is 24.3 Å². The molecule has 0 aromatic rings. The molecule has 2 fully saturated rings. The Hall–Kier alpha value is -0.600. The normalized spacial score (nSPS) is 40.1. The van der Waals surface area contributed by atoms with E-state index in [-0.39, 0.29) is 12.0 Å². The summed E-state index contributed by atoms with van der Waals surface area (Å²) in [4.78, 5) is 0. The van der Waals surface area contributed by atoms with Crippen LogP contribution in [0.3, 0.4) is 0 Å². The van der Waals surface area contributed by atoms with E-state index < -0.39 is 5.60 Å². The Morgan fingerprint density at radius 3 is 2.76 bits per heavy atom. The van der Waals surface area contributed by atoms with E-state index in [9.17, 15) is 5.11 Å². The van der Waals surface area contributed by atoms with Crippen LogP contribution in [0.2, 0.25) is 0 Å². The highest BCUT2D eigenvalue weighted by molar-refractivity contribution is 5.25. The summed E-state index contributed by atoms with van der Waals surface area (Å²) in [5.41, 5.74) is 0.530. The molecule has 0 aromatic heterocycles. The van der Waals surface area contributed by atoms with E-state index in [0.29, 0.717) is 0 Å². The first-order valence-corrected chi connectivity index (χ1v) is 6.59. The zero-order valence-electron chi connectivity index (χ0n) is 10.9. The molecule has 2 nitrogen and oxygen atoms in total. The Morgan fingerprint density at radius 2 is 2.24 bits per heavy atom. The highest BCUT2D eigenvalue weighted by Gasteiger charge is 2.49. The van der Waals surface area contributed by atoms with Crippen LogP contribution in [0.4, 0.5) is 0 Å². The van der Waals surface area contributed by atoms with Gasteiger partial charge < -0.3 is 10.2 Å². The van der Waals surface area contributed by atoms with E-state index in [1.165, 1.54) is 24.8 Å². The first-order valence-electron chi connectivity index (χ1n) is 6.59. The van der Waals surface area contributed by atoms with Crippen molar-refractivity contribution < 1.29 is 10.2 Å². The van der Waals surface area contributed by atoms with Gasteiger partial charge in [-0.3, -0.25) is 0 Å². The fourth-order valence-corrected chi connectivity index (χ4v) is 3.51. The van der Waals surface area contributed by atoms with Crippen LogP contribution in [0.1, 0.15) is 39.5 Å². The van der Waals surface area contributed by atoms with Gasteiger partial charge in [-0.25, -0.2) is 0 Å². The summed E-state index contributed by atoms with van der Waals surface area (Å²) in [5, 5.41) is 18.7. The lowest BCUT2D eigenvalue weighted by Crippen LogP contribution is -2.27. The van der Waals surface area contributed by atoms with Gasteiger partial charge in [0.25, 0.3) is 0 Å². The van der Waals surface area contributed by atoms with Crippen LogP contribution in [0.5, 0.6) is 0 Å². The lowest BCUT2D eigenvalue weighted by Gasteiger charge is -2.35. The van der Waals surface area contributed by atoms with E-state index in [2.05, 4.69) is 13.5 Å². The molecule has 2 aliphatic rings. The maximum Gasteiger partial charge on any atom is 0.103 e. The molecule has 0 heterocycles. The fourth-order valence-electron chi connectivity index (χ4n) is 3.51. The molecule has 96 valence electrons. The van der Waals surface area contributed by atoms with E-state index in [1.54, 1.807) is 13.0 Å². The minimum Gasteiger partial charge on any atom is -0.393 e. The van der Waals surface area contributed by atoms with Crippen molar-refractivity contribution in [2.24, 2.45) is 17.3 Å². The summed E-state index contributed by atoms with van der Waals surface area (Å²) < 4.78 is 0. The topological polar surface area (TPSA) is 40.5 Å². The van der Waals surface area contributed by atoms with Crippen molar-refractivity contribution in [2.75, 3.05) is 6.61 Å². The zero-order valence-corrected chi connectivity index (χ0v) is 10.9. The maximum atomic E-state index is 9.72. The molecular weight excluding hydrogens is 212 g/mol. The molecule has 0 aromatic carbocycles. The van der Waals surface area contributed by atoms with Crippen molar-refractivity contribution in [3.63, 3.8) is 0 Å². The predicted molar refractivity (Wildman–Crippen MR) is 69.5 cm³/mol. The summed E-state index contributed by atoms with van der Waals surface area (Å²) in [7, 11) is 0. The summed E-state index contributed by atoms with van der Waals surface area (Å²) in [6, 6.07) is 0. The van der Waals surface area contributed by atoms with Crippen molar-refractivity contribution in [1.29, 1.82) is 0 Å². The lowest BCUT2D eigenvalue weighted by atomic mass is 9.69. The van der Waals surface area contributed by atoms with Crippen LogP contribution in [0.15, 0.2) is 24.3 Å². The molecule has 0 amide bonds. The molecule has 0 saturated heterocycles. The standard InChI is InChI=1S/C15H24O2/c1-11-12-5-6-13(9-12)15(11,3)8-4-7-14(2,17)10-16/h4,7,12-13,16-17H,1,5-6,8-10H2,2-3H3/b7-4+/t12-,13-,14?,15-/m0/s1. The number of hydrogen-bond acceptors (Lipinski definition) is 2. The maximum absolute atomic E-state index is 9.72. The lowest BCUT2D eigenvalue weighted by molar-refractivity contribution is 0.0431. The van der Waals surface area contributed by atoms with E-state index in [0.717, 1.165) is 18.3 Å². The SMILES string of the molecule is C=C1[C@H]2CC[C@@H](C2)[C@@]1(C)C/C=C/C(C)(O)CO. The molecule has 2 N–H and O–H groups in total. The van der Waals surface area contributed by atoms with Gasteiger partial charge in [0.05, 0.1) is 6.61 Å². The van der Waals surface area contributed by atoms with Gasteiger partial charge >= 0.3 is 0 Å². The molecule has 2 rings (SSSR count). The second-order valence-corrected chi connectivity index (χ2v) is 6.27. The zero-order chi connectivity index (χ0) is 12.7. The van der Waals surface area contributed by atoms with Gasteiger partial charge in [0.15, 0.2) is 0 Å². The number of hydrogen-bond donors (Lipinski definition) is 2. The Morgan fingerprint density at radius 1 is 1.53 bits per heavy atom. The molecule has 0 spiro atoms. The molecule has 17 heavy (non-hydrogen) atoms. The number of allylic oxidation sites excluding steroid dienone is 2. The van der Waals surface area contributed by atoms with E-state index in [1.807, 2.05) is 6.08 Å². The highest BCUT2D eigenvalue weighted by atomic mass is 16.3. The van der Waals surface area contributed by atoms with Crippen molar-refractivity contribution in [1.82, 2.24) is 0 Å². The smallest absolute Gasteiger partial charge is 0.103 e. The first-order chi connectivity index (χ1) is 7.89. The Bertz CT molecular complexity index is 343. The number of fused-ring (bicyclic) bond motifs is 2. The largest absolute Gasteiger partial charge is 0.393 e. The minimum atomic E-state index is -1.09. The molecular formula is C15H24O2. The second kappa shape index (κ2) is 4.25. The van der Waals surface area contributed by atoms with Crippen molar-refractivity contribution in [2.45, 2.75) is 45.1 Å².